The number of amides is 1. The van der Waals surface area contributed by atoms with Crippen LogP contribution in [0.5, 0.6) is 0 Å². The highest BCUT2D eigenvalue weighted by atomic mass is 16.1. The molecule has 104 valence electrons. The Kier molecular flexibility index (Phi) is 4.25. The third kappa shape index (κ3) is 3.80. The maximum atomic E-state index is 12.1. The Bertz CT molecular complexity index is 425. The lowest BCUT2D eigenvalue weighted by atomic mass is 9.87. The standard InChI is InChI=1S/C16H24N2O/c1-16(2,3)13-6-8-14(9-7-13)18-15(19)12-5-4-10-17-11-12/h6-9,12,17H,4-5,10-11H2,1-3H3,(H,18,19)/t12-/m0/s1. The van der Waals surface area contributed by atoms with Gasteiger partial charge in [-0.2, -0.15) is 0 Å². The molecule has 1 aliphatic heterocycles. The lowest BCUT2D eigenvalue weighted by Gasteiger charge is -2.22. The van der Waals surface area contributed by atoms with Crippen LogP contribution in [-0.4, -0.2) is 19.0 Å². The minimum absolute atomic E-state index is 0.107. The fourth-order valence-electron chi connectivity index (χ4n) is 2.37. The minimum Gasteiger partial charge on any atom is -0.326 e. The molecule has 1 heterocycles. The second-order valence-corrected chi connectivity index (χ2v) is 6.36. The minimum atomic E-state index is 0.107. The van der Waals surface area contributed by atoms with Crippen molar-refractivity contribution in [2.24, 2.45) is 5.92 Å². The molecule has 1 aromatic carbocycles. The molecular formula is C16H24N2O. The number of benzene rings is 1. The first kappa shape index (κ1) is 14.1. The summed E-state index contributed by atoms with van der Waals surface area (Å²) in [5, 5.41) is 6.28. The van der Waals surface area contributed by atoms with Crippen LogP contribution in [0.3, 0.4) is 0 Å². The van der Waals surface area contributed by atoms with Gasteiger partial charge in [0.05, 0.1) is 5.92 Å². The molecule has 0 unspecified atom stereocenters. The Morgan fingerprint density at radius 1 is 1.26 bits per heavy atom. The van der Waals surface area contributed by atoms with Gasteiger partial charge in [-0.3, -0.25) is 4.79 Å². The van der Waals surface area contributed by atoms with Crippen molar-refractivity contribution in [3.63, 3.8) is 0 Å². The summed E-state index contributed by atoms with van der Waals surface area (Å²) >= 11 is 0. The Morgan fingerprint density at radius 2 is 1.95 bits per heavy atom. The number of piperidine rings is 1. The molecule has 0 aliphatic carbocycles. The first-order chi connectivity index (χ1) is 8.97. The van der Waals surface area contributed by atoms with Gasteiger partial charge in [-0.05, 0) is 42.5 Å². The predicted molar refractivity (Wildman–Crippen MR) is 79.4 cm³/mol. The van der Waals surface area contributed by atoms with Crippen molar-refractivity contribution in [2.45, 2.75) is 39.0 Å². The van der Waals surface area contributed by atoms with Gasteiger partial charge < -0.3 is 10.6 Å². The summed E-state index contributed by atoms with van der Waals surface area (Å²) < 4.78 is 0. The van der Waals surface area contributed by atoms with E-state index in [4.69, 9.17) is 0 Å². The Balaban J connectivity index is 1.97. The van der Waals surface area contributed by atoms with Crippen LogP contribution >= 0.6 is 0 Å². The molecule has 1 amide bonds. The molecule has 3 heteroatoms. The molecule has 3 nitrogen and oxygen atoms in total. The third-order valence-corrected chi connectivity index (χ3v) is 3.69. The maximum absolute atomic E-state index is 12.1. The van der Waals surface area contributed by atoms with Gasteiger partial charge in [-0.15, -0.1) is 0 Å². The van der Waals surface area contributed by atoms with Crippen molar-refractivity contribution in [3.05, 3.63) is 29.8 Å². The summed E-state index contributed by atoms with van der Waals surface area (Å²) in [4.78, 5) is 12.1. The van der Waals surface area contributed by atoms with Crippen molar-refractivity contribution in [2.75, 3.05) is 18.4 Å². The van der Waals surface area contributed by atoms with Gasteiger partial charge >= 0.3 is 0 Å². The summed E-state index contributed by atoms with van der Waals surface area (Å²) in [7, 11) is 0. The number of nitrogens with one attached hydrogen (secondary N) is 2. The van der Waals surface area contributed by atoms with Crippen LogP contribution in [0, 0.1) is 5.92 Å². The van der Waals surface area contributed by atoms with Crippen LogP contribution in [0.1, 0.15) is 39.2 Å². The molecule has 1 saturated heterocycles. The monoisotopic (exact) mass is 260 g/mol. The molecule has 0 aromatic heterocycles. The van der Waals surface area contributed by atoms with Crippen LogP contribution in [0.15, 0.2) is 24.3 Å². The van der Waals surface area contributed by atoms with Gasteiger partial charge in [0.2, 0.25) is 5.91 Å². The summed E-state index contributed by atoms with van der Waals surface area (Å²) in [5.41, 5.74) is 2.32. The van der Waals surface area contributed by atoms with E-state index in [1.54, 1.807) is 0 Å². The molecule has 1 atom stereocenters. The quantitative estimate of drug-likeness (QED) is 0.858. The van der Waals surface area contributed by atoms with Crippen molar-refractivity contribution in [1.82, 2.24) is 5.32 Å². The molecule has 0 spiro atoms. The average Bonchev–Trinajstić information content (AvgIpc) is 2.39. The SMILES string of the molecule is CC(C)(C)c1ccc(NC(=O)[C@H]2CCCNC2)cc1. The molecule has 2 rings (SSSR count). The Morgan fingerprint density at radius 3 is 2.47 bits per heavy atom. The number of rotatable bonds is 2. The third-order valence-electron chi connectivity index (χ3n) is 3.69. The zero-order chi connectivity index (χ0) is 13.9. The summed E-state index contributed by atoms with van der Waals surface area (Å²) in [6.07, 6.45) is 2.07. The van der Waals surface area contributed by atoms with Gasteiger partial charge in [-0.1, -0.05) is 32.9 Å². The molecule has 0 bridgehead atoms. The summed E-state index contributed by atoms with van der Waals surface area (Å²) in [6.45, 7) is 8.40. The Labute approximate surface area is 115 Å². The van der Waals surface area contributed by atoms with Gasteiger partial charge in [0.1, 0.15) is 0 Å². The molecule has 0 saturated carbocycles. The molecule has 2 N–H and O–H groups in total. The van der Waals surface area contributed by atoms with E-state index in [1.807, 2.05) is 12.1 Å². The Hall–Kier alpha value is -1.35. The highest BCUT2D eigenvalue weighted by molar-refractivity contribution is 5.92. The predicted octanol–water partition coefficient (Wildman–Crippen LogP) is 2.92. The zero-order valence-electron chi connectivity index (χ0n) is 12.1. The van der Waals surface area contributed by atoms with E-state index in [0.717, 1.165) is 31.6 Å². The molecule has 0 radical (unpaired) electrons. The largest absolute Gasteiger partial charge is 0.326 e. The van der Waals surface area contributed by atoms with Crippen molar-refractivity contribution in [1.29, 1.82) is 0 Å². The number of hydrogen-bond acceptors (Lipinski definition) is 2. The van der Waals surface area contributed by atoms with Crippen molar-refractivity contribution in [3.8, 4) is 0 Å². The van der Waals surface area contributed by atoms with E-state index in [9.17, 15) is 4.79 Å². The van der Waals surface area contributed by atoms with E-state index in [1.165, 1.54) is 5.56 Å². The molecular weight excluding hydrogens is 236 g/mol. The van der Waals surface area contributed by atoms with Crippen molar-refractivity contribution < 1.29 is 4.79 Å². The smallest absolute Gasteiger partial charge is 0.228 e. The van der Waals surface area contributed by atoms with Crippen LogP contribution in [0.25, 0.3) is 0 Å². The summed E-state index contributed by atoms with van der Waals surface area (Å²) in [6, 6.07) is 8.17. The highest BCUT2D eigenvalue weighted by Gasteiger charge is 2.21. The molecule has 1 aromatic rings. The lowest BCUT2D eigenvalue weighted by molar-refractivity contribution is -0.120. The molecule has 1 fully saturated rings. The fourth-order valence-corrected chi connectivity index (χ4v) is 2.37. The van der Waals surface area contributed by atoms with E-state index in [0.29, 0.717) is 0 Å². The second-order valence-electron chi connectivity index (χ2n) is 6.36. The van der Waals surface area contributed by atoms with Crippen LogP contribution in [0.2, 0.25) is 0 Å². The lowest BCUT2D eigenvalue weighted by Crippen LogP contribution is -2.37. The normalized spacial score (nSPS) is 20.1. The van der Waals surface area contributed by atoms with Crippen LogP contribution in [-0.2, 0) is 10.2 Å². The fraction of sp³-hybridized carbons (Fsp3) is 0.562. The zero-order valence-corrected chi connectivity index (χ0v) is 12.1. The van der Waals surface area contributed by atoms with Gasteiger partial charge in [0, 0.05) is 12.2 Å². The number of carbonyl (C=O) groups excluding carboxylic acids is 1. The molecule has 1 aliphatic rings. The van der Waals surface area contributed by atoms with E-state index >= 15 is 0 Å². The molecule has 19 heavy (non-hydrogen) atoms. The highest BCUT2D eigenvalue weighted by Crippen LogP contribution is 2.23. The topological polar surface area (TPSA) is 41.1 Å². The average molecular weight is 260 g/mol. The maximum Gasteiger partial charge on any atom is 0.228 e. The van der Waals surface area contributed by atoms with E-state index < -0.39 is 0 Å². The van der Waals surface area contributed by atoms with E-state index in [-0.39, 0.29) is 17.2 Å². The van der Waals surface area contributed by atoms with E-state index in [2.05, 4.69) is 43.5 Å². The number of anilines is 1. The number of hydrogen-bond donors (Lipinski definition) is 2. The van der Waals surface area contributed by atoms with Crippen molar-refractivity contribution >= 4 is 11.6 Å². The van der Waals surface area contributed by atoms with Gasteiger partial charge in [-0.25, -0.2) is 0 Å². The first-order valence-electron chi connectivity index (χ1n) is 7.09. The number of carbonyl (C=O) groups is 1. The summed E-state index contributed by atoms with van der Waals surface area (Å²) in [5.74, 6) is 0.242. The first-order valence-corrected chi connectivity index (χ1v) is 7.09. The van der Waals surface area contributed by atoms with Crippen LogP contribution in [0.4, 0.5) is 5.69 Å². The van der Waals surface area contributed by atoms with Crippen LogP contribution < -0.4 is 10.6 Å². The van der Waals surface area contributed by atoms with Gasteiger partial charge in [0.15, 0.2) is 0 Å². The second kappa shape index (κ2) is 5.74. The van der Waals surface area contributed by atoms with Gasteiger partial charge in [0.25, 0.3) is 0 Å².